The van der Waals surface area contributed by atoms with Crippen LogP contribution in [0.25, 0.3) is 10.9 Å². The molecule has 10 heteroatoms. The van der Waals surface area contributed by atoms with Crippen LogP contribution in [0.4, 0.5) is 4.39 Å². The van der Waals surface area contributed by atoms with Gasteiger partial charge in [-0.15, -0.1) is 11.8 Å². The first kappa shape index (κ1) is 29.4. The summed E-state index contributed by atoms with van der Waals surface area (Å²) in [7, 11) is 3.22. The largest absolute Gasteiger partial charge is 0.497 e. The lowest BCUT2D eigenvalue weighted by atomic mass is 9.73. The fraction of sp³-hybridized carbons (Fsp3) is 0.448. The van der Waals surface area contributed by atoms with E-state index in [0.29, 0.717) is 54.6 Å². The molecule has 0 unspecified atom stereocenters. The van der Waals surface area contributed by atoms with Crippen LogP contribution in [0.15, 0.2) is 53.6 Å². The summed E-state index contributed by atoms with van der Waals surface area (Å²) in [6.45, 7) is 2.34. The van der Waals surface area contributed by atoms with Gasteiger partial charge >= 0.3 is 0 Å². The van der Waals surface area contributed by atoms with Crippen molar-refractivity contribution >= 4 is 40.2 Å². The van der Waals surface area contributed by atoms with E-state index < -0.39 is 17.5 Å². The van der Waals surface area contributed by atoms with Gasteiger partial charge in [-0.3, -0.25) is 15.0 Å². The number of methoxy groups -OCH3 is 2. The highest BCUT2D eigenvalue weighted by Crippen LogP contribution is 2.42. The maximum Gasteiger partial charge on any atom is 0.249 e. The third-order valence-corrected chi connectivity index (χ3v) is 8.96. The minimum absolute atomic E-state index is 0.0979. The Morgan fingerprint density at radius 2 is 1.95 bits per heavy atom. The van der Waals surface area contributed by atoms with Crippen LogP contribution < -0.4 is 15.0 Å². The van der Waals surface area contributed by atoms with Gasteiger partial charge in [0.25, 0.3) is 0 Å². The second kappa shape index (κ2) is 13.7. The monoisotopic (exact) mass is 575 g/mol. The smallest absolute Gasteiger partial charge is 0.249 e. The molecule has 0 spiro atoms. The van der Waals surface area contributed by atoms with Crippen LogP contribution in [0.2, 0.25) is 5.02 Å². The lowest BCUT2D eigenvalue weighted by Crippen LogP contribution is -2.48. The number of hydroxylamine groups is 1. The first-order valence-corrected chi connectivity index (χ1v) is 14.5. The number of piperidine rings is 1. The number of alkyl halides is 1. The molecule has 0 radical (unpaired) electrons. The van der Waals surface area contributed by atoms with Crippen LogP contribution >= 0.6 is 23.4 Å². The van der Waals surface area contributed by atoms with E-state index in [4.69, 9.17) is 21.1 Å². The lowest BCUT2D eigenvalue weighted by Gasteiger charge is -2.40. The highest BCUT2D eigenvalue weighted by atomic mass is 35.5. The number of hydrogen-bond donors (Lipinski definition) is 2. The van der Waals surface area contributed by atoms with Crippen LogP contribution in [0.1, 0.15) is 43.8 Å². The van der Waals surface area contributed by atoms with Crippen LogP contribution in [0.5, 0.6) is 11.5 Å². The molecule has 1 aliphatic rings. The summed E-state index contributed by atoms with van der Waals surface area (Å²) in [5.74, 6) is 1.96. The summed E-state index contributed by atoms with van der Waals surface area (Å²) in [5.41, 5.74) is 1.98. The molecule has 4 rings (SSSR count). The molecule has 1 amide bonds. The number of thioether (sulfide) groups is 1. The van der Waals surface area contributed by atoms with Gasteiger partial charge in [0.2, 0.25) is 5.91 Å². The van der Waals surface area contributed by atoms with Crippen LogP contribution in [-0.4, -0.2) is 60.6 Å². The van der Waals surface area contributed by atoms with Gasteiger partial charge in [0, 0.05) is 22.0 Å². The number of hydrogen-bond acceptors (Lipinski definition) is 7. The predicted molar refractivity (Wildman–Crippen MR) is 153 cm³/mol. The molecule has 1 aromatic heterocycles. The van der Waals surface area contributed by atoms with Crippen LogP contribution in [0.3, 0.4) is 0 Å². The van der Waals surface area contributed by atoms with Gasteiger partial charge in [0.1, 0.15) is 17.7 Å². The van der Waals surface area contributed by atoms with Gasteiger partial charge in [0.15, 0.2) is 0 Å². The zero-order chi connectivity index (χ0) is 27.8. The number of carbonyl (C=O) groups is 1. The van der Waals surface area contributed by atoms with Gasteiger partial charge in [-0.05, 0) is 93.9 Å². The lowest BCUT2D eigenvalue weighted by molar-refractivity contribution is -0.143. The molecule has 1 atom stereocenters. The predicted octanol–water partition coefficient (Wildman–Crippen LogP) is 6.47. The molecule has 1 aliphatic heterocycles. The number of nitrogens with zero attached hydrogens (tertiary/aromatic N) is 2. The van der Waals surface area contributed by atoms with Crippen LogP contribution in [0, 0.1) is 5.41 Å². The highest BCUT2D eigenvalue weighted by molar-refractivity contribution is 7.99. The standard InChI is InChI=1S/C29H35ClFN3O4S/c1-37-20-5-3-6-22(17-20)39-16-4-13-34-14-11-29(12-15-34,28(35)33-36)10-9-25(31)27-23-18-21(38-2)7-8-26(23)32-19-24(27)30/h3,5-8,17-19,25,36H,4,9-16H2,1-2H3,(H,33,35)/t25-/m1/s1. The zero-order valence-corrected chi connectivity index (χ0v) is 23.9. The summed E-state index contributed by atoms with van der Waals surface area (Å²) < 4.78 is 26.4. The minimum Gasteiger partial charge on any atom is -0.497 e. The second-order valence-corrected chi connectivity index (χ2v) is 11.4. The third kappa shape index (κ3) is 7.14. The molecule has 2 aromatic carbocycles. The normalized spacial score (nSPS) is 16.1. The number of nitrogens with one attached hydrogen (secondary N) is 1. The van der Waals surface area contributed by atoms with Crippen molar-refractivity contribution in [3.8, 4) is 11.5 Å². The number of ether oxygens (including phenoxy) is 2. The number of aromatic nitrogens is 1. The molecule has 2 N–H and O–H groups in total. The molecule has 39 heavy (non-hydrogen) atoms. The van der Waals surface area contributed by atoms with E-state index in [9.17, 15) is 10.0 Å². The van der Waals surface area contributed by atoms with Crippen molar-refractivity contribution in [2.45, 2.75) is 43.2 Å². The summed E-state index contributed by atoms with van der Waals surface area (Å²) >= 11 is 8.19. The number of likely N-dealkylation sites (tertiary alicyclic amines) is 1. The Kier molecular flexibility index (Phi) is 10.3. The van der Waals surface area contributed by atoms with E-state index >= 15 is 4.39 Å². The number of rotatable bonds is 12. The second-order valence-electron chi connectivity index (χ2n) is 9.85. The Morgan fingerprint density at radius 3 is 2.67 bits per heavy atom. The maximum absolute atomic E-state index is 15.8. The molecule has 3 aromatic rings. The number of halogens is 2. The Morgan fingerprint density at radius 1 is 1.21 bits per heavy atom. The van der Waals surface area contributed by atoms with Crippen molar-refractivity contribution in [1.82, 2.24) is 15.4 Å². The maximum atomic E-state index is 15.8. The Bertz CT molecular complexity index is 1270. The van der Waals surface area contributed by atoms with Crippen molar-refractivity contribution in [2.75, 3.05) is 39.6 Å². The zero-order valence-electron chi connectivity index (χ0n) is 22.3. The Balaban J connectivity index is 1.34. The fourth-order valence-corrected chi connectivity index (χ4v) is 6.40. The van der Waals surface area contributed by atoms with E-state index in [-0.39, 0.29) is 11.4 Å². The molecule has 7 nitrogen and oxygen atoms in total. The molecule has 2 heterocycles. The van der Waals surface area contributed by atoms with Crippen molar-refractivity contribution in [3.05, 3.63) is 59.2 Å². The first-order chi connectivity index (χ1) is 18.9. The summed E-state index contributed by atoms with van der Waals surface area (Å²) in [6.07, 6.45) is 2.56. The van der Waals surface area contributed by atoms with E-state index in [0.717, 1.165) is 24.5 Å². The number of carbonyl (C=O) groups excluding carboxylic acids is 1. The topological polar surface area (TPSA) is 83.9 Å². The molecule has 1 fully saturated rings. The van der Waals surface area contributed by atoms with E-state index in [1.54, 1.807) is 44.2 Å². The molecule has 0 bridgehead atoms. The molecular weight excluding hydrogens is 541 g/mol. The quantitative estimate of drug-likeness (QED) is 0.111. The molecule has 0 saturated carbocycles. The van der Waals surface area contributed by atoms with E-state index in [2.05, 4.69) is 16.0 Å². The molecule has 0 aliphatic carbocycles. The average molecular weight is 576 g/mol. The van der Waals surface area contributed by atoms with E-state index in [1.165, 1.54) is 11.1 Å². The summed E-state index contributed by atoms with van der Waals surface area (Å²) in [4.78, 5) is 20.6. The van der Waals surface area contributed by atoms with Crippen molar-refractivity contribution < 1.29 is 23.9 Å². The van der Waals surface area contributed by atoms with Gasteiger partial charge in [-0.2, -0.15) is 0 Å². The van der Waals surface area contributed by atoms with Gasteiger partial charge < -0.3 is 14.4 Å². The average Bonchev–Trinajstić information content (AvgIpc) is 2.98. The third-order valence-electron chi connectivity index (χ3n) is 7.58. The number of benzene rings is 2. The van der Waals surface area contributed by atoms with E-state index in [1.807, 2.05) is 23.7 Å². The first-order valence-electron chi connectivity index (χ1n) is 13.1. The molecule has 210 valence electrons. The van der Waals surface area contributed by atoms with Crippen molar-refractivity contribution in [3.63, 3.8) is 0 Å². The van der Waals surface area contributed by atoms with Gasteiger partial charge in [0.05, 0.1) is 30.2 Å². The minimum atomic E-state index is -1.40. The number of pyridine rings is 1. The number of fused-ring (bicyclic) bond motifs is 1. The summed E-state index contributed by atoms with van der Waals surface area (Å²) in [5, 5.41) is 10.3. The van der Waals surface area contributed by atoms with Gasteiger partial charge in [-0.1, -0.05) is 17.7 Å². The van der Waals surface area contributed by atoms with Crippen molar-refractivity contribution in [1.29, 1.82) is 0 Å². The molecular formula is C29H35ClFN3O4S. The SMILES string of the molecule is COc1cccc(SCCCN2CCC(CC[C@@H](F)c3c(Cl)cnc4ccc(OC)cc34)(C(=O)NO)CC2)c1. The highest BCUT2D eigenvalue weighted by Gasteiger charge is 2.41. The molecule has 1 saturated heterocycles. The Hall–Kier alpha value is -2.59. The fourth-order valence-electron chi connectivity index (χ4n) is 5.24. The van der Waals surface area contributed by atoms with Gasteiger partial charge in [-0.25, -0.2) is 9.87 Å². The number of amides is 1. The summed E-state index contributed by atoms with van der Waals surface area (Å²) in [6, 6.07) is 13.3. The van der Waals surface area contributed by atoms with Crippen LogP contribution in [-0.2, 0) is 4.79 Å². The van der Waals surface area contributed by atoms with Crippen molar-refractivity contribution in [2.24, 2.45) is 5.41 Å². The Labute approximate surface area is 238 Å².